The zero-order valence-electron chi connectivity index (χ0n) is 46.9. The first-order chi connectivity index (χ1) is 34.0. The lowest BCUT2D eigenvalue weighted by Gasteiger charge is -2.18. The first-order valence-corrected chi connectivity index (χ1v) is 31.2. The Morgan fingerprint density at radius 2 is 0.478 bits per heavy atom. The van der Waals surface area contributed by atoms with Gasteiger partial charge in [0.25, 0.3) is 0 Å². The number of esters is 3. The van der Waals surface area contributed by atoms with Gasteiger partial charge in [-0.1, -0.05) is 303 Å². The molecule has 0 aromatic rings. The van der Waals surface area contributed by atoms with Gasteiger partial charge in [-0.15, -0.1) is 0 Å². The molecule has 0 saturated heterocycles. The Kier molecular flexibility index (Phi) is 57.1. The Balaban J connectivity index is 4.03. The largest absolute Gasteiger partial charge is 0.462 e. The minimum Gasteiger partial charge on any atom is -0.462 e. The Hall–Kier alpha value is -1.85. The van der Waals surface area contributed by atoms with Crippen molar-refractivity contribution in [3.05, 3.63) is 12.2 Å². The van der Waals surface area contributed by atoms with Crippen molar-refractivity contribution in [3.8, 4) is 0 Å². The predicted molar refractivity (Wildman–Crippen MR) is 298 cm³/mol. The van der Waals surface area contributed by atoms with E-state index in [-0.39, 0.29) is 31.1 Å². The smallest absolute Gasteiger partial charge is 0.306 e. The van der Waals surface area contributed by atoms with Crippen LogP contribution in [-0.4, -0.2) is 37.2 Å². The number of carbonyl (C=O) groups excluding carboxylic acids is 3. The third kappa shape index (κ3) is 56.9. The number of rotatable bonds is 58. The molecule has 0 aliphatic heterocycles. The highest BCUT2D eigenvalue weighted by atomic mass is 16.6. The maximum atomic E-state index is 12.8. The van der Waals surface area contributed by atoms with Crippen LogP contribution >= 0.6 is 0 Å². The molecule has 0 bridgehead atoms. The molecule has 0 aromatic heterocycles. The van der Waals surface area contributed by atoms with E-state index < -0.39 is 6.10 Å². The maximum Gasteiger partial charge on any atom is 0.306 e. The van der Waals surface area contributed by atoms with Crippen molar-refractivity contribution in [1.29, 1.82) is 0 Å². The summed E-state index contributed by atoms with van der Waals surface area (Å²) >= 11 is 0. The third-order valence-electron chi connectivity index (χ3n) is 14.3. The molecule has 1 atom stereocenters. The molecule has 0 radical (unpaired) electrons. The first kappa shape index (κ1) is 67.1. The second-order valence-electron chi connectivity index (χ2n) is 21.3. The second-order valence-corrected chi connectivity index (χ2v) is 21.3. The van der Waals surface area contributed by atoms with Crippen LogP contribution in [0.4, 0.5) is 0 Å². The SMILES string of the molecule is CCCCCCCC/C=C\CCCCCCCCCC(=O)OC(COC(=O)CCCCCCCCC)COC(=O)CCCCCCCCCCCCCCCCCCCCCCCCCCCCC. The van der Waals surface area contributed by atoms with Crippen molar-refractivity contribution in [2.24, 2.45) is 0 Å². The molecule has 0 amide bonds. The molecule has 0 spiro atoms. The van der Waals surface area contributed by atoms with Gasteiger partial charge in [-0.05, 0) is 44.9 Å². The lowest BCUT2D eigenvalue weighted by Crippen LogP contribution is -2.30. The van der Waals surface area contributed by atoms with Gasteiger partial charge < -0.3 is 14.2 Å². The van der Waals surface area contributed by atoms with Crippen LogP contribution < -0.4 is 0 Å². The number of hydrogen-bond donors (Lipinski definition) is 0. The summed E-state index contributed by atoms with van der Waals surface area (Å²) in [6.07, 6.45) is 68.2. The summed E-state index contributed by atoms with van der Waals surface area (Å²) in [5.74, 6) is -0.854. The van der Waals surface area contributed by atoms with Gasteiger partial charge in [0.1, 0.15) is 13.2 Å². The van der Waals surface area contributed by atoms with Crippen molar-refractivity contribution in [1.82, 2.24) is 0 Å². The lowest BCUT2D eigenvalue weighted by molar-refractivity contribution is -0.167. The van der Waals surface area contributed by atoms with Crippen LogP contribution in [0, 0.1) is 0 Å². The van der Waals surface area contributed by atoms with Crippen LogP contribution in [0.3, 0.4) is 0 Å². The summed E-state index contributed by atoms with van der Waals surface area (Å²) in [5, 5.41) is 0. The molecule has 0 rings (SSSR count). The Morgan fingerprint density at radius 1 is 0.275 bits per heavy atom. The molecule has 0 fully saturated rings. The molecule has 69 heavy (non-hydrogen) atoms. The maximum absolute atomic E-state index is 12.8. The average Bonchev–Trinajstić information content (AvgIpc) is 3.35. The summed E-state index contributed by atoms with van der Waals surface area (Å²) in [4.78, 5) is 38.0. The summed E-state index contributed by atoms with van der Waals surface area (Å²) in [6, 6.07) is 0. The van der Waals surface area contributed by atoms with Gasteiger partial charge in [0.2, 0.25) is 0 Å². The molecule has 6 nitrogen and oxygen atoms in total. The number of carbonyl (C=O) groups is 3. The van der Waals surface area contributed by atoms with Crippen LogP contribution in [0.5, 0.6) is 0 Å². The fourth-order valence-electron chi connectivity index (χ4n) is 9.56. The summed E-state index contributed by atoms with van der Waals surface area (Å²) in [6.45, 7) is 6.65. The van der Waals surface area contributed by atoms with Gasteiger partial charge in [0.05, 0.1) is 0 Å². The minimum absolute atomic E-state index is 0.0664. The number of unbranched alkanes of at least 4 members (excludes halogenated alkanes) is 45. The lowest BCUT2D eigenvalue weighted by atomic mass is 10.0. The summed E-state index contributed by atoms with van der Waals surface area (Å²) in [5.41, 5.74) is 0. The molecular formula is C63H120O6. The van der Waals surface area contributed by atoms with Crippen molar-refractivity contribution in [2.75, 3.05) is 13.2 Å². The third-order valence-corrected chi connectivity index (χ3v) is 14.3. The van der Waals surface area contributed by atoms with Gasteiger partial charge in [0.15, 0.2) is 6.10 Å². The molecule has 6 heteroatoms. The van der Waals surface area contributed by atoms with E-state index in [1.54, 1.807) is 0 Å². The van der Waals surface area contributed by atoms with Gasteiger partial charge in [0, 0.05) is 19.3 Å². The van der Waals surface area contributed by atoms with Gasteiger partial charge in [-0.2, -0.15) is 0 Å². The van der Waals surface area contributed by atoms with Crippen LogP contribution in [0.15, 0.2) is 12.2 Å². The van der Waals surface area contributed by atoms with E-state index in [2.05, 4.69) is 32.9 Å². The van der Waals surface area contributed by atoms with E-state index >= 15 is 0 Å². The summed E-state index contributed by atoms with van der Waals surface area (Å²) in [7, 11) is 0. The van der Waals surface area contributed by atoms with E-state index in [9.17, 15) is 14.4 Å². The van der Waals surface area contributed by atoms with Crippen molar-refractivity contribution < 1.29 is 28.6 Å². The summed E-state index contributed by atoms with van der Waals surface area (Å²) < 4.78 is 16.8. The first-order valence-electron chi connectivity index (χ1n) is 31.2. The number of allylic oxidation sites excluding steroid dienone is 2. The van der Waals surface area contributed by atoms with E-state index in [1.807, 2.05) is 0 Å². The fourth-order valence-corrected chi connectivity index (χ4v) is 9.56. The van der Waals surface area contributed by atoms with Crippen molar-refractivity contribution in [3.63, 3.8) is 0 Å². The van der Waals surface area contributed by atoms with Crippen molar-refractivity contribution >= 4 is 17.9 Å². The fraction of sp³-hybridized carbons (Fsp3) is 0.921. The second kappa shape index (κ2) is 58.7. The zero-order valence-corrected chi connectivity index (χ0v) is 46.9. The normalized spacial score (nSPS) is 12.0. The molecule has 0 heterocycles. The Labute approximate surface area is 431 Å². The van der Waals surface area contributed by atoms with Crippen molar-refractivity contribution in [2.45, 2.75) is 361 Å². The quantitative estimate of drug-likeness (QED) is 0.0261. The highest BCUT2D eigenvalue weighted by Crippen LogP contribution is 2.18. The standard InChI is InChI=1S/C63H120O6/c1-4-7-10-13-16-18-20-22-24-26-27-28-29-30-31-32-33-34-35-37-38-40-42-44-47-50-53-56-62(65)68-59-60(58-67-61(64)55-52-49-46-15-12-9-6-3)69-63(66)57-54-51-48-45-43-41-39-36-25-23-21-19-17-14-11-8-5-2/h23,25,60H,4-22,24,26-59H2,1-3H3/b25-23-. The van der Waals surface area contributed by atoms with E-state index in [1.165, 1.54) is 257 Å². The van der Waals surface area contributed by atoms with Gasteiger partial charge >= 0.3 is 17.9 Å². The Morgan fingerprint density at radius 3 is 0.725 bits per heavy atom. The molecule has 0 aromatic carbocycles. The van der Waals surface area contributed by atoms with Crippen LogP contribution in [-0.2, 0) is 28.6 Å². The highest BCUT2D eigenvalue weighted by molar-refractivity contribution is 5.71. The average molecular weight is 974 g/mol. The molecule has 1 unspecified atom stereocenters. The molecule has 0 aliphatic rings. The topological polar surface area (TPSA) is 78.9 Å². The highest BCUT2D eigenvalue weighted by Gasteiger charge is 2.19. The van der Waals surface area contributed by atoms with Crippen LogP contribution in [0.25, 0.3) is 0 Å². The monoisotopic (exact) mass is 973 g/mol. The van der Waals surface area contributed by atoms with E-state index in [0.717, 1.165) is 57.8 Å². The molecule has 0 aliphatic carbocycles. The number of hydrogen-bond acceptors (Lipinski definition) is 6. The molecule has 408 valence electrons. The van der Waals surface area contributed by atoms with E-state index in [4.69, 9.17) is 14.2 Å². The zero-order chi connectivity index (χ0) is 50.0. The Bertz CT molecular complexity index is 1070. The van der Waals surface area contributed by atoms with Crippen LogP contribution in [0.1, 0.15) is 355 Å². The molecule has 0 N–H and O–H groups in total. The van der Waals surface area contributed by atoms with Crippen LogP contribution in [0.2, 0.25) is 0 Å². The van der Waals surface area contributed by atoms with Gasteiger partial charge in [-0.3, -0.25) is 14.4 Å². The minimum atomic E-state index is -0.766. The van der Waals surface area contributed by atoms with E-state index in [0.29, 0.717) is 19.3 Å². The predicted octanol–water partition coefficient (Wildman–Crippen LogP) is 20.9. The molecule has 0 saturated carbocycles. The molecular weight excluding hydrogens is 853 g/mol. The number of ether oxygens (including phenoxy) is 3. The van der Waals surface area contributed by atoms with Gasteiger partial charge in [-0.25, -0.2) is 0 Å².